The van der Waals surface area contributed by atoms with Gasteiger partial charge in [-0.1, -0.05) is 6.07 Å². The van der Waals surface area contributed by atoms with Crippen LogP contribution in [0.25, 0.3) is 0 Å². The van der Waals surface area contributed by atoms with Gasteiger partial charge in [-0.15, -0.1) is 0 Å². The Morgan fingerprint density at radius 3 is 2.30 bits per heavy atom. The quantitative estimate of drug-likeness (QED) is 0.824. The van der Waals surface area contributed by atoms with Gasteiger partial charge in [0.2, 0.25) is 0 Å². The highest BCUT2D eigenvalue weighted by atomic mass is 16.5. The molecular weight excluding hydrogens is 260 g/mol. The van der Waals surface area contributed by atoms with Crippen LogP contribution in [0.5, 0.6) is 5.75 Å². The van der Waals surface area contributed by atoms with Gasteiger partial charge in [-0.05, 0) is 12.1 Å². The fraction of sp³-hybridized carbons (Fsp3) is 0.500. The van der Waals surface area contributed by atoms with Crippen molar-refractivity contribution < 1.29 is 19.0 Å². The average Bonchev–Trinajstić information content (AvgIpc) is 2.90. The molecule has 1 amide bonds. The first kappa shape index (κ1) is 14.6. The number of nitrogens with zero attached hydrogens (tertiary/aromatic N) is 1. The van der Waals surface area contributed by atoms with Crippen LogP contribution in [0.2, 0.25) is 0 Å². The fourth-order valence-corrected chi connectivity index (χ4v) is 2.44. The maximum Gasteiger partial charge on any atom is 0.256 e. The number of hydrogen-bond acceptors (Lipinski definition) is 5. The molecule has 6 nitrogen and oxygen atoms in total. The topological polar surface area (TPSA) is 74.0 Å². The molecule has 2 atom stereocenters. The summed E-state index contributed by atoms with van der Waals surface area (Å²) in [7, 11) is 4.76. The van der Waals surface area contributed by atoms with Crippen LogP contribution in [0.15, 0.2) is 18.2 Å². The minimum Gasteiger partial charge on any atom is -0.495 e. The lowest BCUT2D eigenvalue weighted by Crippen LogP contribution is -2.30. The third-order valence-electron chi connectivity index (χ3n) is 3.62. The lowest BCUT2D eigenvalue weighted by Gasteiger charge is -2.17. The summed E-state index contributed by atoms with van der Waals surface area (Å²) in [5, 5.41) is 0. The van der Waals surface area contributed by atoms with Crippen molar-refractivity contribution in [1.29, 1.82) is 0 Å². The van der Waals surface area contributed by atoms with E-state index in [0.717, 1.165) is 0 Å². The van der Waals surface area contributed by atoms with Crippen LogP contribution in [0, 0.1) is 0 Å². The highest BCUT2D eigenvalue weighted by Gasteiger charge is 2.36. The van der Waals surface area contributed by atoms with E-state index in [1.807, 2.05) is 0 Å². The van der Waals surface area contributed by atoms with Crippen LogP contribution in [0.1, 0.15) is 10.4 Å². The van der Waals surface area contributed by atoms with Gasteiger partial charge >= 0.3 is 0 Å². The molecule has 1 aromatic carbocycles. The van der Waals surface area contributed by atoms with Gasteiger partial charge in [-0.2, -0.15) is 0 Å². The molecule has 1 aliphatic heterocycles. The Kier molecular flexibility index (Phi) is 4.46. The molecule has 110 valence electrons. The number of likely N-dealkylation sites (tertiary alicyclic amines) is 1. The molecule has 0 saturated carbocycles. The number of hydrogen-bond donors (Lipinski definition) is 1. The van der Waals surface area contributed by atoms with Gasteiger partial charge < -0.3 is 24.8 Å². The minimum atomic E-state index is -0.136. The second-order valence-electron chi connectivity index (χ2n) is 4.68. The Hall–Kier alpha value is -1.79. The van der Waals surface area contributed by atoms with E-state index in [4.69, 9.17) is 19.9 Å². The molecule has 0 aliphatic carbocycles. The summed E-state index contributed by atoms with van der Waals surface area (Å²) in [4.78, 5) is 14.2. The maximum atomic E-state index is 12.5. The Labute approximate surface area is 118 Å². The molecule has 1 heterocycles. The molecule has 2 rings (SSSR count). The van der Waals surface area contributed by atoms with Crippen molar-refractivity contribution in [3.63, 3.8) is 0 Å². The summed E-state index contributed by atoms with van der Waals surface area (Å²) < 4.78 is 15.8. The summed E-state index contributed by atoms with van der Waals surface area (Å²) in [5.74, 6) is 0.365. The molecule has 1 aromatic rings. The SMILES string of the molecule is COc1cccc(C(=O)N2CC(OC)C(OC)C2)c1N. The van der Waals surface area contributed by atoms with Gasteiger partial charge in [0, 0.05) is 27.3 Å². The lowest BCUT2D eigenvalue weighted by atomic mass is 10.1. The van der Waals surface area contributed by atoms with E-state index in [1.165, 1.54) is 7.11 Å². The average molecular weight is 280 g/mol. The van der Waals surface area contributed by atoms with Crippen LogP contribution in [0.4, 0.5) is 5.69 Å². The summed E-state index contributed by atoms with van der Waals surface area (Å²) in [6.45, 7) is 0.981. The Bertz CT molecular complexity index is 480. The van der Waals surface area contributed by atoms with Crippen molar-refractivity contribution in [3.8, 4) is 5.75 Å². The molecule has 0 bridgehead atoms. The number of methoxy groups -OCH3 is 3. The van der Waals surface area contributed by atoms with Gasteiger partial charge in [0.15, 0.2) is 0 Å². The summed E-state index contributed by atoms with van der Waals surface area (Å²) in [6.07, 6.45) is -0.230. The molecule has 1 saturated heterocycles. The second kappa shape index (κ2) is 6.11. The van der Waals surface area contributed by atoms with E-state index in [2.05, 4.69) is 0 Å². The predicted octanol–water partition coefficient (Wildman–Crippen LogP) is 0.763. The lowest BCUT2D eigenvalue weighted by molar-refractivity contribution is -0.00461. The van der Waals surface area contributed by atoms with Gasteiger partial charge in [-0.25, -0.2) is 0 Å². The number of para-hydroxylation sites is 1. The normalized spacial score (nSPS) is 22.1. The Morgan fingerprint density at radius 2 is 1.80 bits per heavy atom. The zero-order chi connectivity index (χ0) is 14.7. The van der Waals surface area contributed by atoms with E-state index in [0.29, 0.717) is 30.1 Å². The van der Waals surface area contributed by atoms with Crippen LogP contribution < -0.4 is 10.5 Å². The zero-order valence-electron chi connectivity index (χ0n) is 12.0. The molecule has 6 heteroatoms. The van der Waals surface area contributed by atoms with E-state index in [-0.39, 0.29) is 18.1 Å². The smallest absolute Gasteiger partial charge is 0.256 e. The van der Waals surface area contributed by atoms with Gasteiger partial charge in [0.05, 0.1) is 18.4 Å². The molecule has 0 radical (unpaired) electrons. The number of carbonyl (C=O) groups is 1. The van der Waals surface area contributed by atoms with Crippen molar-refractivity contribution >= 4 is 11.6 Å². The first-order valence-corrected chi connectivity index (χ1v) is 6.39. The number of benzene rings is 1. The first-order valence-electron chi connectivity index (χ1n) is 6.39. The van der Waals surface area contributed by atoms with Crippen LogP contribution in [-0.4, -0.2) is 57.4 Å². The molecule has 20 heavy (non-hydrogen) atoms. The number of ether oxygens (including phenoxy) is 3. The predicted molar refractivity (Wildman–Crippen MR) is 74.9 cm³/mol. The first-order chi connectivity index (χ1) is 9.62. The van der Waals surface area contributed by atoms with Gasteiger partial charge in [0.1, 0.15) is 18.0 Å². The maximum absolute atomic E-state index is 12.5. The molecular formula is C14H20N2O4. The second-order valence-corrected chi connectivity index (χ2v) is 4.68. The van der Waals surface area contributed by atoms with Crippen molar-refractivity contribution in [2.24, 2.45) is 0 Å². The molecule has 0 spiro atoms. The zero-order valence-corrected chi connectivity index (χ0v) is 12.0. The van der Waals surface area contributed by atoms with Crippen LogP contribution in [-0.2, 0) is 9.47 Å². The van der Waals surface area contributed by atoms with Crippen molar-refractivity contribution in [1.82, 2.24) is 4.90 Å². The molecule has 2 N–H and O–H groups in total. The van der Waals surface area contributed by atoms with Crippen molar-refractivity contribution in [3.05, 3.63) is 23.8 Å². The van der Waals surface area contributed by atoms with Crippen LogP contribution in [0.3, 0.4) is 0 Å². The Balaban J connectivity index is 2.21. The standard InChI is InChI=1S/C14H20N2O4/c1-18-10-6-4-5-9(13(10)15)14(17)16-7-11(19-2)12(8-16)20-3/h4-6,11-12H,7-8,15H2,1-3H3. The summed E-state index contributed by atoms with van der Waals surface area (Å²) >= 11 is 0. The van der Waals surface area contributed by atoms with Crippen molar-refractivity contribution in [2.45, 2.75) is 12.2 Å². The fourth-order valence-electron chi connectivity index (χ4n) is 2.44. The van der Waals surface area contributed by atoms with E-state index in [9.17, 15) is 4.79 Å². The summed E-state index contributed by atoms with van der Waals surface area (Å²) in [5.41, 5.74) is 6.76. The Morgan fingerprint density at radius 1 is 1.20 bits per heavy atom. The van der Waals surface area contributed by atoms with Crippen LogP contribution >= 0.6 is 0 Å². The largest absolute Gasteiger partial charge is 0.495 e. The number of amides is 1. The monoisotopic (exact) mass is 280 g/mol. The molecule has 1 aliphatic rings. The number of rotatable bonds is 4. The summed E-state index contributed by atoms with van der Waals surface area (Å²) in [6, 6.07) is 5.17. The minimum absolute atomic E-state index is 0.115. The van der Waals surface area contributed by atoms with E-state index < -0.39 is 0 Å². The number of nitrogens with two attached hydrogens (primary N) is 1. The van der Waals surface area contributed by atoms with Gasteiger partial charge in [-0.3, -0.25) is 4.79 Å². The highest BCUT2D eigenvalue weighted by Crippen LogP contribution is 2.27. The molecule has 2 unspecified atom stereocenters. The van der Waals surface area contributed by atoms with E-state index in [1.54, 1.807) is 37.3 Å². The number of carbonyl (C=O) groups excluding carboxylic acids is 1. The third-order valence-corrected chi connectivity index (χ3v) is 3.62. The van der Waals surface area contributed by atoms with E-state index >= 15 is 0 Å². The molecule has 1 fully saturated rings. The number of anilines is 1. The number of nitrogen functional groups attached to an aromatic ring is 1. The molecule has 0 aromatic heterocycles. The van der Waals surface area contributed by atoms with Gasteiger partial charge in [0.25, 0.3) is 5.91 Å². The van der Waals surface area contributed by atoms with Crippen molar-refractivity contribution in [2.75, 3.05) is 40.2 Å². The third kappa shape index (κ3) is 2.57. The highest BCUT2D eigenvalue weighted by molar-refractivity contribution is 6.00.